The minimum Gasteiger partial charge on any atom is -0.505 e. The Labute approximate surface area is 208 Å². The topological polar surface area (TPSA) is 91.8 Å². The summed E-state index contributed by atoms with van der Waals surface area (Å²) in [4.78, 5) is 55.2. The van der Waals surface area contributed by atoms with Crippen molar-refractivity contribution in [1.29, 1.82) is 0 Å². The van der Waals surface area contributed by atoms with Crippen LogP contribution in [0.3, 0.4) is 0 Å². The Kier molecular flexibility index (Phi) is 5.36. The number of phenols is 1. The summed E-state index contributed by atoms with van der Waals surface area (Å²) in [5.74, 6) is -4.76. The number of phenolic OH excluding ortho intramolecular Hbond substituents is 1. The number of rotatable bonds is 2. The molecule has 2 amide bonds. The number of likely N-dealkylation sites (tertiary alicyclic amines) is 1. The number of ketones is 2. The summed E-state index contributed by atoms with van der Waals surface area (Å²) >= 11 is 0. The smallest absolute Gasteiger partial charge is 0.233 e. The summed E-state index contributed by atoms with van der Waals surface area (Å²) in [6.07, 6.45) is 8.44. The van der Waals surface area contributed by atoms with Crippen LogP contribution in [0.4, 0.5) is 4.39 Å². The maximum Gasteiger partial charge on any atom is 0.233 e. The monoisotopic (exact) mass is 489 g/mol. The number of carbonyl (C=O) groups is 4. The predicted molar refractivity (Wildman–Crippen MR) is 128 cm³/mol. The van der Waals surface area contributed by atoms with E-state index in [9.17, 15) is 28.7 Å². The number of nitrogens with zero attached hydrogens (tertiary/aromatic N) is 1. The molecule has 4 atom stereocenters. The van der Waals surface area contributed by atoms with Crippen molar-refractivity contribution in [2.45, 2.75) is 63.8 Å². The third kappa shape index (κ3) is 3.21. The van der Waals surface area contributed by atoms with Gasteiger partial charge in [-0.2, -0.15) is 0 Å². The number of hydrogen-bond acceptors (Lipinski definition) is 5. The van der Waals surface area contributed by atoms with Crippen molar-refractivity contribution in [3.05, 3.63) is 64.0 Å². The second-order valence-electron chi connectivity index (χ2n) is 10.7. The van der Waals surface area contributed by atoms with E-state index in [4.69, 9.17) is 0 Å². The number of allylic oxidation sites excluding steroid dienone is 6. The van der Waals surface area contributed by atoms with Gasteiger partial charge in [-0.3, -0.25) is 24.1 Å². The summed E-state index contributed by atoms with van der Waals surface area (Å²) in [6, 6.07) is 4.08. The second-order valence-corrected chi connectivity index (χ2v) is 10.7. The van der Waals surface area contributed by atoms with Crippen LogP contribution in [-0.2, 0) is 19.2 Å². The molecule has 1 saturated carbocycles. The average molecular weight is 490 g/mol. The van der Waals surface area contributed by atoms with E-state index in [0.29, 0.717) is 17.6 Å². The highest BCUT2D eigenvalue weighted by molar-refractivity contribution is 6.24. The maximum atomic E-state index is 14.5. The molecule has 0 spiro atoms. The van der Waals surface area contributed by atoms with E-state index in [-0.39, 0.29) is 47.0 Å². The van der Waals surface area contributed by atoms with Crippen molar-refractivity contribution in [2.24, 2.45) is 17.8 Å². The minimum atomic E-state index is -0.845. The van der Waals surface area contributed by atoms with Crippen LogP contribution in [0, 0.1) is 23.6 Å². The molecule has 1 heterocycles. The summed E-state index contributed by atoms with van der Waals surface area (Å²) in [5, 5.41) is 10.7. The molecule has 0 radical (unpaired) electrons. The minimum absolute atomic E-state index is 0.0855. The molecule has 1 aliphatic heterocycles. The van der Waals surface area contributed by atoms with E-state index in [1.165, 1.54) is 17.0 Å². The lowest BCUT2D eigenvalue weighted by Crippen LogP contribution is -2.43. The zero-order valence-corrected chi connectivity index (χ0v) is 20.1. The highest BCUT2D eigenvalue weighted by Gasteiger charge is 2.57. The SMILES string of the molecule is CC1=CC(=O)C2=C(C1=O)[C@@H](c1cccc(F)c1O)C1=CC[C@@H]3C(=O)N(C4CCCCC4)C(=O)[C@@H]3[C@@H]1C2. The van der Waals surface area contributed by atoms with Crippen molar-refractivity contribution in [3.8, 4) is 5.75 Å². The molecule has 4 aliphatic carbocycles. The quantitative estimate of drug-likeness (QED) is 0.380. The lowest BCUT2D eigenvalue weighted by Gasteiger charge is -2.42. The summed E-state index contributed by atoms with van der Waals surface area (Å²) in [5.41, 5.74) is 1.77. The van der Waals surface area contributed by atoms with Crippen LogP contribution in [0.25, 0.3) is 0 Å². The van der Waals surface area contributed by atoms with Gasteiger partial charge in [0.05, 0.1) is 11.8 Å². The van der Waals surface area contributed by atoms with Gasteiger partial charge in [0.2, 0.25) is 11.8 Å². The number of benzene rings is 1. The highest BCUT2D eigenvalue weighted by Crippen LogP contribution is 2.56. The lowest BCUT2D eigenvalue weighted by molar-refractivity contribution is -0.143. The molecule has 186 valence electrons. The number of amides is 2. The summed E-state index contributed by atoms with van der Waals surface area (Å²) in [6.45, 7) is 1.57. The number of fused-ring (bicyclic) bond motifs is 3. The first-order valence-corrected chi connectivity index (χ1v) is 12.8. The molecule has 1 saturated heterocycles. The predicted octanol–water partition coefficient (Wildman–Crippen LogP) is 4.29. The van der Waals surface area contributed by atoms with Gasteiger partial charge in [-0.15, -0.1) is 0 Å². The first-order chi connectivity index (χ1) is 17.3. The van der Waals surface area contributed by atoms with Gasteiger partial charge in [-0.05, 0) is 50.7 Å². The number of para-hydroxylation sites is 1. The van der Waals surface area contributed by atoms with Gasteiger partial charge in [-0.1, -0.05) is 43.0 Å². The molecule has 0 aromatic heterocycles. The third-order valence-electron chi connectivity index (χ3n) is 8.87. The van der Waals surface area contributed by atoms with Crippen molar-refractivity contribution < 1.29 is 28.7 Å². The van der Waals surface area contributed by atoms with E-state index in [1.807, 2.05) is 6.08 Å². The van der Waals surface area contributed by atoms with Crippen molar-refractivity contribution in [1.82, 2.24) is 4.90 Å². The maximum absolute atomic E-state index is 14.5. The summed E-state index contributed by atoms with van der Waals surface area (Å²) < 4.78 is 14.5. The number of imide groups is 1. The van der Waals surface area contributed by atoms with Gasteiger partial charge in [0.25, 0.3) is 0 Å². The van der Waals surface area contributed by atoms with E-state index < -0.39 is 35.2 Å². The standard InChI is InChI=1S/C29H28FNO5/c1-14-12-22(32)20-13-19-16(23(25(20)26(14)33)17-8-5-9-21(30)27(17)34)10-11-18-24(19)29(36)31(28(18)35)15-6-3-2-4-7-15/h5,8-10,12,15,18-19,23-24,34H,2-4,6-7,11,13H2,1H3/t18-,19+,23+,24-/m0/s1. The van der Waals surface area contributed by atoms with E-state index >= 15 is 0 Å². The normalized spacial score (nSPS) is 30.7. The van der Waals surface area contributed by atoms with Crippen LogP contribution in [-0.4, -0.2) is 39.4 Å². The second kappa shape index (κ2) is 8.36. The van der Waals surface area contributed by atoms with Crippen LogP contribution in [0.15, 0.2) is 52.6 Å². The fourth-order valence-corrected chi connectivity index (χ4v) is 7.21. The summed E-state index contributed by atoms with van der Waals surface area (Å²) in [7, 11) is 0. The molecular formula is C29H28FNO5. The van der Waals surface area contributed by atoms with Gasteiger partial charge in [0, 0.05) is 34.2 Å². The molecule has 6 rings (SSSR count). The Morgan fingerprint density at radius 2 is 1.75 bits per heavy atom. The average Bonchev–Trinajstić information content (AvgIpc) is 3.13. The van der Waals surface area contributed by atoms with Gasteiger partial charge in [0.1, 0.15) is 0 Å². The van der Waals surface area contributed by atoms with Gasteiger partial charge in [0.15, 0.2) is 23.1 Å². The Morgan fingerprint density at radius 3 is 2.50 bits per heavy atom. The van der Waals surface area contributed by atoms with E-state index in [1.54, 1.807) is 13.0 Å². The van der Waals surface area contributed by atoms with Crippen LogP contribution < -0.4 is 0 Å². The fraction of sp³-hybridized carbons (Fsp3) is 0.448. The van der Waals surface area contributed by atoms with Crippen LogP contribution in [0.1, 0.15) is 63.4 Å². The number of halogens is 1. The molecule has 2 fully saturated rings. The molecule has 5 aliphatic rings. The van der Waals surface area contributed by atoms with E-state index in [0.717, 1.165) is 43.7 Å². The molecule has 36 heavy (non-hydrogen) atoms. The first-order valence-electron chi connectivity index (χ1n) is 12.8. The number of Topliss-reactive ketones (excluding diaryl/α,β-unsaturated/α-hetero) is 1. The number of carbonyl (C=O) groups excluding carboxylic acids is 4. The molecule has 1 aromatic carbocycles. The van der Waals surface area contributed by atoms with Gasteiger partial charge >= 0.3 is 0 Å². The Hall–Kier alpha value is -3.35. The molecule has 7 heteroatoms. The van der Waals surface area contributed by atoms with E-state index in [2.05, 4.69) is 0 Å². The van der Waals surface area contributed by atoms with Crippen LogP contribution >= 0.6 is 0 Å². The van der Waals surface area contributed by atoms with Crippen molar-refractivity contribution >= 4 is 23.4 Å². The Balaban J connectivity index is 1.48. The van der Waals surface area contributed by atoms with Gasteiger partial charge in [-0.25, -0.2) is 4.39 Å². The number of aromatic hydroxyl groups is 1. The van der Waals surface area contributed by atoms with Gasteiger partial charge < -0.3 is 5.11 Å². The fourth-order valence-electron chi connectivity index (χ4n) is 7.21. The Morgan fingerprint density at radius 1 is 1.00 bits per heavy atom. The molecule has 1 N–H and O–H groups in total. The molecule has 1 aromatic rings. The highest BCUT2D eigenvalue weighted by atomic mass is 19.1. The molecule has 6 nitrogen and oxygen atoms in total. The van der Waals surface area contributed by atoms with Crippen LogP contribution in [0.2, 0.25) is 0 Å². The third-order valence-corrected chi connectivity index (χ3v) is 8.87. The van der Waals surface area contributed by atoms with Crippen molar-refractivity contribution in [2.75, 3.05) is 0 Å². The molecule has 0 unspecified atom stereocenters. The zero-order valence-electron chi connectivity index (χ0n) is 20.1. The largest absolute Gasteiger partial charge is 0.505 e. The molecular weight excluding hydrogens is 461 g/mol. The molecule has 0 bridgehead atoms. The van der Waals surface area contributed by atoms with Crippen LogP contribution in [0.5, 0.6) is 5.75 Å². The lowest BCUT2D eigenvalue weighted by atomic mass is 9.59. The zero-order chi connectivity index (χ0) is 25.3. The number of hydrogen-bond donors (Lipinski definition) is 1. The Bertz CT molecular complexity index is 1310. The van der Waals surface area contributed by atoms with Crippen molar-refractivity contribution in [3.63, 3.8) is 0 Å². The first kappa shape index (κ1) is 23.1.